The molecule has 16 heavy (non-hydrogen) atoms. The highest BCUT2D eigenvalue weighted by Crippen LogP contribution is 2.42. The fraction of sp³-hybridized carbons (Fsp3) is 0.923. The van der Waals surface area contributed by atoms with Crippen LogP contribution in [0, 0.1) is 11.8 Å². The molecular weight excluding hydrogens is 204 g/mol. The zero-order valence-corrected chi connectivity index (χ0v) is 10.1. The van der Waals surface area contributed by atoms with Gasteiger partial charge in [0.05, 0.1) is 11.5 Å². The molecule has 0 aromatic rings. The van der Waals surface area contributed by atoms with Crippen molar-refractivity contribution in [1.82, 2.24) is 0 Å². The van der Waals surface area contributed by atoms with Gasteiger partial charge in [-0.1, -0.05) is 26.2 Å². The Labute approximate surface area is 97.2 Å². The average Bonchev–Trinajstić information content (AvgIpc) is 2.29. The summed E-state index contributed by atoms with van der Waals surface area (Å²) >= 11 is 0. The van der Waals surface area contributed by atoms with Gasteiger partial charge in [-0.3, -0.25) is 4.79 Å². The summed E-state index contributed by atoms with van der Waals surface area (Å²) in [6.45, 7) is 2.59. The van der Waals surface area contributed by atoms with E-state index in [0.29, 0.717) is 5.92 Å². The molecule has 1 N–H and O–H groups in total. The molecule has 3 heteroatoms. The molecule has 2 atom stereocenters. The van der Waals surface area contributed by atoms with Gasteiger partial charge in [-0.15, -0.1) is 0 Å². The van der Waals surface area contributed by atoms with Crippen molar-refractivity contribution in [2.75, 3.05) is 6.61 Å². The Balaban J connectivity index is 2.00. The molecule has 1 saturated carbocycles. The van der Waals surface area contributed by atoms with Gasteiger partial charge in [0.15, 0.2) is 0 Å². The SMILES string of the molecule is CC(C(=O)O)C1CCOC2(CCCCC2)C1. The van der Waals surface area contributed by atoms with Crippen molar-refractivity contribution < 1.29 is 14.6 Å². The highest BCUT2D eigenvalue weighted by molar-refractivity contribution is 5.69. The minimum absolute atomic E-state index is 0.0326. The summed E-state index contributed by atoms with van der Waals surface area (Å²) in [7, 11) is 0. The van der Waals surface area contributed by atoms with Crippen LogP contribution in [0.2, 0.25) is 0 Å². The zero-order chi connectivity index (χ0) is 11.6. The number of hydrogen-bond acceptors (Lipinski definition) is 2. The molecule has 0 aromatic heterocycles. The summed E-state index contributed by atoms with van der Waals surface area (Å²) < 4.78 is 5.97. The van der Waals surface area contributed by atoms with Crippen LogP contribution >= 0.6 is 0 Å². The second-order valence-corrected chi connectivity index (χ2v) is 5.47. The minimum atomic E-state index is -0.655. The zero-order valence-electron chi connectivity index (χ0n) is 10.1. The number of aliphatic carboxylic acids is 1. The number of ether oxygens (including phenoxy) is 1. The van der Waals surface area contributed by atoms with Gasteiger partial charge in [-0.25, -0.2) is 0 Å². The van der Waals surface area contributed by atoms with Crippen molar-refractivity contribution in [2.45, 2.75) is 57.5 Å². The fourth-order valence-electron chi connectivity index (χ4n) is 3.24. The molecule has 2 aliphatic rings. The van der Waals surface area contributed by atoms with Gasteiger partial charge >= 0.3 is 5.97 Å². The third kappa shape index (κ3) is 2.40. The van der Waals surface area contributed by atoms with Gasteiger partial charge in [-0.05, 0) is 31.6 Å². The van der Waals surface area contributed by atoms with Crippen molar-refractivity contribution in [3.8, 4) is 0 Å². The van der Waals surface area contributed by atoms with E-state index < -0.39 is 5.97 Å². The molecule has 2 unspecified atom stereocenters. The van der Waals surface area contributed by atoms with Crippen LogP contribution in [0.5, 0.6) is 0 Å². The van der Waals surface area contributed by atoms with E-state index in [-0.39, 0.29) is 11.5 Å². The highest BCUT2D eigenvalue weighted by atomic mass is 16.5. The predicted octanol–water partition coefficient (Wildman–Crippen LogP) is 2.84. The van der Waals surface area contributed by atoms with E-state index in [9.17, 15) is 4.79 Å². The summed E-state index contributed by atoms with van der Waals surface area (Å²) in [5, 5.41) is 9.08. The quantitative estimate of drug-likeness (QED) is 0.787. The Morgan fingerprint density at radius 3 is 2.69 bits per heavy atom. The second-order valence-electron chi connectivity index (χ2n) is 5.47. The monoisotopic (exact) mass is 226 g/mol. The molecule has 0 radical (unpaired) electrons. The van der Waals surface area contributed by atoms with Gasteiger partial charge < -0.3 is 9.84 Å². The molecule has 92 valence electrons. The van der Waals surface area contributed by atoms with E-state index in [1.807, 2.05) is 6.92 Å². The molecule has 1 aliphatic heterocycles. The van der Waals surface area contributed by atoms with E-state index >= 15 is 0 Å². The van der Waals surface area contributed by atoms with Crippen molar-refractivity contribution in [3.63, 3.8) is 0 Å². The van der Waals surface area contributed by atoms with Crippen LogP contribution in [-0.4, -0.2) is 23.3 Å². The predicted molar refractivity (Wildman–Crippen MR) is 61.3 cm³/mol. The van der Waals surface area contributed by atoms with Crippen LogP contribution in [0.4, 0.5) is 0 Å². The Kier molecular flexibility index (Phi) is 3.53. The molecule has 0 amide bonds. The molecule has 1 heterocycles. The van der Waals surface area contributed by atoms with Gasteiger partial charge in [0, 0.05) is 6.61 Å². The Morgan fingerprint density at radius 1 is 1.38 bits per heavy atom. The molecule has 0 bridgehead atoms. The summed E-state index contributed by atoms with van der Waals surface area (Å²) in [5.74, 6) is -0.565. The first-order valence-corrected chi connectivity index (χ1v) is 6.50. The molecular formula is C13H22O3. The minimum Gasteiger partial charge on any atom is -0.481 e. The molecule has 2 rings (SSSR count). The number of rotatable bonds is 2. The molecule has 0 aromatic carbocycles. The number of hydrogen-bond donors (Lipinski definition) is 1. The first kappa shape index (κ1) is 11.9. The molecule has 1 saturated heterocycles. The van der Waals surface area contributed by atoms with Crippen LogP contribution in [0.25, 0.3) is 0 Å². The summed E-state index contributed by atoms with van der Waals surface area (Å²) in [6, 6.07) is 0. The lowest BCUT2D eigenvalue weighted by Crippen LogP contribution is -2.43. The first-order chi connectivity index (χ1) is 7.63. The topological polar surface area (TPSA) is 46.5 Å². The summed E-state index contributed by atoms with van der Waals surface area (Å²) in [4.78, 5) is 11.0. The average molecular weight is 226 g/mol. The van der Waals surface area contributed by atoms with Crippen LogP contribution in [0.15, 0.2) is 0 Å². The molecule has 1 aliphatic carbocycles. The van der Waals surface area contributed by atoms with Gasteiger partial charge in [-0.2, -0.15) is 0 Å². The summed E-state index contributed by atoms with van der Waals surface area (Å²) in [5.41, 5.74) is 0.0326. The second kappa shape index (κ2) is 4.74. The maximum Gasteiger partial charge on any atom is 0.306 e. The molecule has 1 spiro atoms. The Hall–Kier alpha value is -0.570. The Morgan fingerprint density at radius 2 is 2.06 bits per heavy atom. The van der Waals surface area contributed by atoms with Crippen molar-refractivity contribution in [3.05, 3.63) is 0 Å². The van der Waals surface area contributed by atoms with Gasteiger partial charge in [0.1, 0.15) is 0 Å². The normalized spacial score (nSPS) is 31.2. The first-order valence-electron chi connectivity index (χ1n) is 6.50. The lowest BCUT2D eigenvalue weighted by Gasteiger charge is -2.44. The third-order valence-corrected chi connectivity index (χ3v) is 4.39. The van der Waals surface area contributed by atoms with E-state index in [2.05, 4.69) is 0 Å². The number of carboxylic acids is 1. The standard InChI is InChI=1S/C13H22O3/c1-10(12(14)15)11-5-8-16-13(9-11)6-3-2-4-7-13/h10-11H,2-9H2,1H3,(H,14,15). The number of carbonyl (C=O) groups is 1. The Bertz CT molecular complexity index is 250. The van der Waals surface area contributed by atoms with Crippen molar-refractivity contribution in [1.29, 1.82) is 0 Å². The lowest BCUT2D eigenvalue weighted by molar-refractivity contribution is -0.152. The van der Waals surface area contributed by atoms with Crippen LogP contribution in [0.3, 0.4) is 0 Å². The highest BCUT2D eigenvalue weighted by Gasteiger charge is 2.41. The maximum absolute atomic E-state index is 11.0. The maximum atomic E-state index is 11.0. The summed E-state index contributed by atoms with van der Waals surface area (Å²) in [6.07, 6.45) is 7.94. The molecule has 3 nitrogen and oxygen atoms in total. The van der Waals surface area contributed by atoms with Crippen LogP contribution in [-0.2, 0) is 9.53 Å². The molecule has 2 fully saturated rings. The van der Waals surface area contributed by atoms with Crippen LogP contribution < -0.4 is 0 Å². The van der Waals surface area contributed by atoms with Crippen LogP contribution in [0.1, 0.15) is 51.9 Å². The van der Waals surface area contributed by atoms with E-state index in [4.69, 9.17) is 9.84 Å². The smallest absolute Gasteiger partial charge is 0.306 e. The van der Waals surface area contributed by atoms with Crippen molar-refractivity contribution in [2.24, 2.45) is 11.8 Å². The van der Waals surface area contributed by atoms with Crippen molar-refractivity contribution >= 4 is 5.97 Å². The third-order valence-electron chi connectivity index (χ3n) is 4.39. The van der Waals surface area contributed by atoms with E-state index in [1.54, 1.807) is 0 Å². The largest absolute Gasteiger partial charge is 0.481 e. The van der Waals surface area contributed by atoms with Gasteiger partial charge in [0.25, 0.3) is 0 Å². The fourth-order valence-corrected chi connectivity index (χ4v) is 3.24. The van der Waals surface area contributed by atoms with E-state index in [1.165, 1.54) is 19.3 Å². The lowest BCUT2D eigenvalue weighted by atomic mass is 9.73. The van der Waals surface area contributed by atoms with E-state index in [0.717, 1.165) is 32.3 Å². The number of carboxylic acid groups (broad SMARTS) is 1. The van der Waals surface area contributed by atoms with Gasteiger partial charge in [0.2, 0.25) is 0 Å².